The Morgan fingerprint density at radius 1 is 0.903 bits per heavy atom. The molecule has 0 aliphatic carbocycles. The first-order chi connectivity index (χ1) is 15.2. The van der Waals surface area contributed by atoms with E-state index in [1.54, 1.807) is 0 Å². The Bertz CT molecular complexity index is 962. The normalized spacial score (nSPS) is 15.0. The van der Waals surface area contributed by atoms with Gasteiger partial charge in [-0.1, -0.05) is 60.2 Å². The third-order valence-electron chi connectivity index (χ3n) is 5.86. The van der Waals surface area contributed by atoms with Gasteiger partial charge in [-0.15, -0.1) is 11.8 Å². The van der Waals surface area contributed by atoms with Crippen LogP contribution in [-0.2, 0) is 17.1 Å². The highest BCUT2D eigenvalue weighted by Gasteiger charge is 2.25. The van der Waals surface area contributed by atoms with Crippen LogP contribution in [0.2, 0.25) is 0 Å². The maximum absolute atomic E-state index is 12.7. The van der Waals surface area contributed by atoms with Gasteiger partial charge >= 0.3 is 0 Å². The minimum Gasteiger partial charge on any atom is -0.326 e. The molecule has 3 aromatic carbocycles. The van der Waals surface area contributed by atoms with Gasteiger partial charge in [-0.3, -0.25) is 9.69 Å². The van der Waals surface area contributed by atoms with Crippen LogP contribution in [0.5, 0.6) is 0 Å². The number of carbonyl (C=O) groups excluding carboxylic acids is 1. The van der Waals surface area contributed by atoms with Crippen LogP contribution in [0.3, 0.4) is 0 Å². The van der Waals surface area contributed by atoms with E-state index in [2.05, 4.69) is 77.8 Å². The molecule has 0 spiro atoms. The van der Waals surface area contributed by atoms with Crippen LogP contribution in [-0.4, -0.2) is 23.9 Å². The Morgan fingerprint density at radius 2 is 1.55 bits per heavy atom. The standard InChI is InChI=1S/C27H30N2OS/c1-21-7-9-22(10-8-21)19-29-17-15-24(16-18-29)27(30)28-25-13-11-23(12-14-25)20-31-26-5-3-2-4-6-26/h2-14,24H,15-20H2,1H3,(H,28,30). The van der Waals surface area contributed by atoms with E-state index in [0.29, 0.717) is 0 Å². The molecule has 1 saturated heterocycles. The SMILES string of the molecule is Cc1ccc(CN2CCC(C(=O)Nc3ccc(CSc4ccccc4)cc3)CC2)cc1. The van der Waals surface area contributed by atoms with Gasteiger partial charge in [-0.2, -0.15) is 0 Å². The predicted octanol–water partition coefficient (Wildman–Crippen LogP) is 6.14. The number of nitrogens with zero attached hydrogens (tertiary/aromatic N) is 1. The first kappa shape index (κ1) is 21.7. The summed E-state index contributed by atoms with van der Waals surface area (Å²) in [7, 11) is 0. The van der Waals surface area contributed by atoms with Crippen molar-refractivity contribution in [1.82, 2.24) is 4.90 Å². The molecule has 0 aromatic heterocycles. The minimum atomic E-state index is 0.0996. The molecule has 1 fully saturated rings. The lowest BCUT2D eigenvalue weighted by molar-refractivity contribution is -0.121. The molecule has 31 heavy (non-hydrogen) atoms. The number of amides is 1. The van der Waals surface area contributed by atoms with Gasteiger partial charge < -0.3 is 5.32 Å². The predicted molar refractivity (Wildman–Crippen MR) is 130 cm³/mol. The lowest BCUT2D eigenvalue weighted by Crippen LogP contribution is -2.37. The summed E-state index contributed by atoms with van der Waals surface area (Å²) in [4.78, 5) is 16.5. The highest BCUT2D eigenvalue weighted by atomic mass is 32.2. The summed E-state index contributed by atoms with van der Waals surface area (Å²) in [5, 5.41) is 3.12. The van der Waals surface area contributed by atoms with Crippen LogP contribution in [0.4, 0.5) is 5.69 Å². The van der Waals surface area contributed by atoms with Gasteiger partial charge in [0, 0.05) is 28.8 Å². The molecule has 0 unspecified atom stereocenters. The van der Waals surface area contributed by atoms with E-state index in [1.807, 2.05) is 30.0 Å². The molecule has 1 heterocycles. The van der Waals surface area contributed by atoms with E-state index < -0.39 is 0 Å². The molecule has 3 nitrogen and oxygen atoms in total. The smallest absolute Gasteiger partial charge is 0.227 e. The van der Waals surface area contributed by atoms with Crippen LogP contribution >= 0.6 is 11.8 Å². The fourth-order valence-corrected chi connectivity index (χ4v) is 4.79. The molecule has 1 aliphatic rings. The molecule has 0 radical (unpaired) electrons. The minimum absolute atomic E-state index is 0.0996. The van der Waals surface area contributed by atoms with Crippen molar-refractivity contribution in [2.75, 3.05) is 18.4 Å². The van der Waals surface area contributed by atoms with Crippen LogP contribution in [0, 0.1) is 12.8 Å². The van der Waals surface area contributed by atoms with Gasteiger partial charge in [-0.05, 0) is 68.2 Å². The quantitative estimate of drug-likeness (QED) is 0.457. The summed E-state index contributed by atoms with van der Waals surface area (Å²) in [6.07, 6.45) is 1.84. The maximum Gasteiger partial charge on any atom is 0.227 e. The Kier molecular flexibility index (Phi) is 7.44. The van der Waals surface area contributed by atoms with E-state index >= 15 is 0 Å². The van der Waals surface area contributed by atoms with Crippen molar-refractivity contribution < 1.29 is 4.79 Å². The molecule has 1 aliphatic heterocycles. The first-order valence-corrected chi connectivity index (χ1v) is 12.0. The fourth-order valence-electron chi connectivity index (χ4n) is 3.92. The highest BCUT2D eigenvalue weighted by Crippen LogP contribution is 2.24. The number of hydrogen-bond acceptors (Lipinski definition) is 3. The first-order valence-electron chi connectivity index (χ1n) is 11.0. The summed E-state index contributed by atoms with van der Waals surface area (Å²) >= 11 is 1.83. The molecule has 160 valence electrons. The Hall–Kier alpha value is -2.56. The molecule has 4 rings (SSSR count). The Balaban J connectivity index is 1.22. The van der Waals surface area contributed by atoms with Crippen molar-refractivity contribution in [3.63, 3.8) is 0 Å². The van der Waals surface area contributed by atoms with Crippen molar-refractivity contribution in [3.8, 4) is 0 Å². The maximum atomic E-state index is 12.7. The van der Waals surface area contributed by atoms with Gasteiger partial charge in [-0.25, -0.2) is 0 Å². The molecule has 1 amide bonds. The number of likely N-dealkylation sites (tertiary alicyclic amines) is 1. The largest absolute Gasteiger partial charge is 0.326 e. The van der Waals surface area contributed by atoms with Gasteiger partial charge in [0.15, 0.2) is 0 Å². The summed E-state index contributed by atoms with van der Waals surface area (Å²) < 4.78 is 0. The molecule has 0 atom stereocenters. The van der Waals surface area contributed by atoms with Crippen molar-refractivity contribution in [2.24, 2.45) is 5.92 Å². The second-order valence-corrected chi connectivity index (χ2v) is 9.37. The third kappa shape index (κ3) is 6.46. The van der Waals surface area contributed by atoms with Gasteiger partial charge in [0.1, 0.15) is 0 Å². The second kappa shape index (κ2) is 10.7. The van der Waals surface area contributed by atoms with E-state index in [1.165, 1.54) is 21.6 Å². The summed E-state index contributed by atoms with van der Waals surface area (Å²) in [6, 6.07) is 27.4. The number of anilines is 1. The third-order valence-corrected chi connectivity index (χ3v) is 6.94. The number of benzene rings is 3. The zero-order valence-electron chi connectivity index (χ0n) is 18.1. The van der Waals surface area contributed by atoms with Crippen LogP contribution in [0.15, 0.2) is 83.8 Å². The average Bonchev–Trinajstić information content (AvgIpc) is 2.81. The zero-order valence-corrected chi connectivity index (χ0v) is 18.9. The molecular formula is C27H30N2OS. The molecular weight excluding hydrogens is 400 g/mol. The van der Waals surface area contributed by atoms with E-state index in [0.717, 1.165) is 43.9 Å². The van der Waals surface area contributed by atoms with E-state index in [9.17, 15) is 4.79 Å². The average molecular weight is 431 g/mol. The lowest BCUT2D eigenvalue weighted by Gasteiger charge is -2.31. The lowest BCUT2D eigenvalue weighted by atomic mass is 9.95. The highest BCUT2D eigenvalue weighted by molar-refractivity contribution is 7.98. The number of carbonyl (C=O) groups is 1. The fraction of sp³-hybridized carbons (Fsp3) is 0.296. The van der Waals surface area contributed by atoms with Crippen LogP contribution in [0.1, 0.15) is 29.5 Å². The van der Waals surface area contributed by atoms with Gasteiger partial charge in [0.25, 0.3) is 0 Å². The second-order valence-electron chi connectivity index (χ2n) is 8.32. The van der Waals surface area contributed by atoms with Crippen molar-refractivity contribution >= 4 is 23.4 Å². The summed E-state index contributed by atoms with van der Waals surface area (Å²) in [5.74, 6) is 1.18. The van der Waals surface area contributed by atoms with Crippen LogP contribution < -0.4 is 5.32 Å². The monoisotopic (exact) mass is 430 g/mol. The Labute approximate surface area is 189 Å². The number of thioether (sulfide) groups is 1. The van der Waals surface area contributed by atoms with Gasteiger partial charge in [0.2, 0.25) is 5.91 Å². The summed E-state index contributed by atoms with van der Waals surface area (Å²) in [6.45, 7) is 5.03. The number of aryl methyl sites for hydroxylation is 1. The molecule has 4 heteroatoms. The number of rotatable bonds is 7. The van der Waals surface area contributed by atoms with E-state index in [-0.39, 0.29) is 11.8 Å². The van der Waals surface area contributed by atoms with Crippen molar-refractivity contribution in [2.45, 2.75) is 37.0 Å². The molecule has 3 aromatic rings. The van der Waals surface area contributed by atoms with Gasteiger partial charge in [0.05, 0.1) is 0 Å². The topological polar surface area (TPSA) is 32.3 Å². The number of nitrogens with one attached hydrogen (secondary N) is 1. The summed E-state index contributed by atoms with van der Waals surface area (Å²) in [5.41, 5.74) is 4.79. The molecule has 0 bridgehead atoms. The Morgan fingerprint density at radius 3 is 2.23 bits per heavy atom. The van der Waals surface area contributed by atoms with Crippen molar-refractivity contribution in [1.29, 1.82) is 0 Å². The molecule has 0 saturated carbocycles. The van der Waals surface area contributed by atoms with Crippen molar-refractivity contribution in [3.05, 3.63) is 95.6 Å². The number of piperidine rings is 1. The number of hydrogen-bond donors (Lipinski definition) is 1. The van der Waals surface area contributed by atoms with E-state index in [4.69, 9.17) is 0 Å². The van der Waals surface area contributed by atoms with Crippen LogP contribution in [0.25, 0.3) is 0 Å². The molecule has 1 N–H and O–H groups in total. The zero-order chi connectivity index (χ0) is 21.5.